The third-order valence-electron chi connectivity index (χ3n) is 6.36. The molecule has 4 rings (SSSR count). The van der Waals surface area contributed by atoms with Crippen LogP contribution in [0.5, 0.6) is 5.75 Å². The summed E-state index contributed by atoms with van der Waals surface area (Å²) in [7, 11) is 3.40. The van der Waals surface area contributed by atoms with E-state index >= 15 is 0 Å². The summed E-state index contributed by atoms with van der Waals surface area (Å²) in [6.45, 7) is 2.91. The van der Waals surface area contributed by atoms with Gasteiger partial charge in [0.05, 0.1) is 0 Å². The maximum absolute atomic E-state index is 13.1. The van der Waals surface area contributed by atoms with Crippen molar-refractivity contribution in [2.45, 2.75) is 44.2 Å². The van der Waals surface area contributed by atoms with E-state index in [1.807, 2.05) is 17.0 Å². The molecule has 1 saturated carbocycles. The van der Waals surface area contributed by atoms with Crippen LogP contribution in [-0.4, -0.2) is 78.9 Å². The van der Waals surface area contributed by atoms with E-state index in [0.29, 0.717) is 23.3 Å². The molecule has 1 aromatic rings. The van der Waals surface area contributed by atoms with E-state index in [9.17, 15) is 9.59 Å². The minimum absolute atomic E-state index is 0.0187. The monoisotopic (exact) mass is 385 g/mol. The Morgan fingerprint density at radius 1 is 1.14 bits per heavy atom. The molecule has 0 bridgehead atoms. The lowest BCUT2D eigenvalue weighted by Crippen LogP contribution is -2.55. The minimum Gasteiger partial charge on any atom is -0.484 e. The molecule has 2 atom stereocenters. The van der Waals surface area contributed by atoms with Gasteiger partial charge in [0.1, 0.15) is 5.75 Å². The Morgan fingerprint density at radius 2 is 1.96 bits per heavy atom. The van der Waals surface area contributed by atoms with Crippen molar-refractivity contribution in [1.82, 2.24) is 14.7 Å². The number of hydrogen-bond donors (Lipinski definition) is 0. The molecule has 2 saturated heterocycles. The van der Waals surface area contributed by atoms with Crippen LogP contribution in [0.25, 0.3) is 0 Å². The summed E-state index contributed by atoms with van der Waals surface area (Å²) in [6.07, 6.45) is 6.28. The molecule has 0 radical (unpaired) electrons. The van der Waals surface area contributed by atoms with Crippen LogP contribution in [-0.2, 0) is 4.79 Å². The lowest BCUT2D eigenvalue weighted by molar-refractivity contribution is -0.130. The van der Waals surface area contributed by atoms with Crippen molar-refractivity contribution in [3.63, 3.8) is 0 Å². The van der Waals surface area contributed by atoms with Gasteiger partial charge in [-0.1, -0.05) is 6.07 Å². The first-order valence-corrected chi connectivity index (χ1v) is 10.5. The molecule has 2 heterocycles. The van der Waals surface area contributed by atoms with Crippen LogP contribution in [0.1, 0.15) is 42.5 Å². The van der Waals surface area contributed by atoms with Crippen LogP contribution >= 0.6 is 0 Å². The highest BCUT2D eigenvalue weighted by molar-refractivity contribution is 5.94. The summed E-state index contributed by atoms with van der Waals surface area (Å²) in [5.41, 5.74) is 0.642. The van der Waals surface area contributed by atoms with E-state index in [2.05, 4.69) is 4.90 Å². The fourth-order valence-electron chi connectivity index (χ4n) is 4.66. The van der Waals surface area contributed by atoms with Crippen LogP contribution in [0.15, 0.2) is 24.3 Å². The lowest BCUT2D eigenvalue weighted by atomic mass is 9.83. The molecule has 0 N–H and O–H groups in total. The number of fused-ring (bicyclic) bond motifs is 1. The predicted molar refractivity (Wildman–Crippen MR) is 107 cm³/mol. The summed E-state index contributed by atoms with van der Waals surface area (Å²) >= 11 is 0. The van der Waals surface area contributed by atoms with Crippen LogP contribution in [0.4, 0.5) is 0 Å². The van der Waals surface area contributed by atoms with E-state index < -0.39 is 0 Å². The Bertz CT molecular complexity index is 731. The topological polar surface area (TPSA) is 53.1 Å². The van der Waals surface area contributed by atoms with Crippen molar-refractivity contribution >= 4 is 11.8 Å². The Labute approximate surface area is 167 Å². The van der Waals surface area contributed by atoms with Crippen molar-refractivity contribution in [1.29, 1.82) is 0 Å². The lowest BCUT2D eigenvalue weighted by Gasteiger charge is -2.47. The van der Waals surface area contributed by atoms with Crippen molar-refractivity contribution in [2.24, 2.45) is 5.92 Å². The van der Waals surface area contributed by atoms with Gasteiger partial charge >= 0.3 is 0 Å². The van der Waals surface area contributed by atoms with E-state index in [1.54, 1.807) is 26.2 Å². The normalized spacial score (nSPS) is 25.1. The number of carbonyl (C=O) groups excluding carboxylic acids is 2. The van der Waals surface area contributed by atoms with Gasteiger partial charge in [-0.2, -0.15) is 0 Å². The molecule has 28 heavy (non-hydrogen) atoms. The highest BCUT2D eigenvalue weighted by Crippen LogP contribution is 2.38. The van der Waals surface area contributed by atoms with Gasteiger partial charge in [0.15, 0.2) is 6.61 Å². The number of likely N-dealkylation sites (N-methyl/N-ethyl adjacent to an activating group) is 1. The van der Waals surface area contributed by atoms with Gasteiger partial charge < -0.3 is 14.5 Å². The number of carbonyl (C=O) groups is 2. The number of ether oxygens (including phenoxy) is 1. The second kappa shape index (κ2) is 8.11. The molecule has 6 nitrogen and oxygen atoms in total. The molecule has 1 aromatic carbocycles. The van der Waals surface area contributed by atoms with Crippen LogP contribution in [0, 0.1) is 5.92 Å². The molecule has 3 fully saturated rings. The molecular formula is C22H31N3O3. The number of likely N-dealkylation sites (tertiary alicyclic amines) is 2. The zero-order valence-corrected chi connectivity index (χ0v) is 17.0. The van der Waals surface area contributed by atoms with Gasteiger partial charge in [0, 0.05) is 44.8 Å². The molecule has 0 unspecified atom stereocenters. The predicted octanol–water partition coefficient (Wildman–Crippen LogP) is 2.24. The Morgan fingerprint density at radius 3 is 2.71 bits per heavy atom. The van der Waals surface area contributed by atoms with Crippen molar-refractivity contribution in [3.05, 3.63) is 29.8 Å². The van der Waals surface area contributed by atoms with Crippen LogP contribution in [0.3, 0.4) is 0 Å². The maximum Gasteiger partial charge on any atom is 0.259 e. The van der Waals surface area contributed by atoms with Gasteiger partial charge in [-0.25, -0.2) is 0 Å². The zero-order chi connectivity index (χ0) is 19.7. The Hall–Kier alpha value is -2.08. The molecule has 0 spiro atoms. The standard InChI is InChI=1S/C22H31N3O3/c1-23(2)21(26)15-28-19-7-3-5-16(13-19)22(27)24-12-10-20-17(14-24)6-4-11-25(20)18-8-9-18/h3,5,7,13,17-18,20H,4,6,8-12,14-15H2,1-2H3/t17-,20+/m0/s1. The highest BCUT2D eigenvalue weighted by Gasteiger charge is 2.42. The number of amides is 2. The molecule has 0 aromatic heterocycles. The Balaban J connectivity index is 1.38. The average Bonchev–Trinajstić information content (AvgIpc) is 3.56. The third kappa shape index (κ3) is 4.17. The van der Waals surface area contributed by atoms with Crippen LogP contribution in [0.2, 0.25) is 0 Å². The Kier molecular flexibility index (Phi) is 5.58. The molecule has 3 aliphatic rings. The smallest absolute Gasteiger partial charge is 0.259 e. The van der Waals surface area contributed by atoms with Gasteiger partial charge in [0.25, 0.3) is 11.8 Å². The number of nitrogens with zero attached hydrogens (tertiary/aromatic N) is 3. The quantitative estimate of drug-likeness (QED) is 0.780. The molecule has 152 valence electrons. The summed E-state index contributed by atoms with van der Waals surface area (Å²) in [4.78, 5) is 31.0. The van der Waals surface area contributed by atoms with Crippen LogP contribution < -0.4 is 4.74 Å². The highest BCUT2D eigenvalue weighted by atomic mass is 16.5. The number of piperidine rings is 2. The van der Waals surface area contributed by atoms with Gasteiger partial charge in [0.2, 0.25) is 0 Å². The summed E-state index contributed by atoms with van der Waals surface area (Å²) in [5.74, 6) is 1.14. The van der Waals surface area contributed by atoms with Gasteiger partial charge in [-0.05, 0) is 62.8 Å². The largest absolute Gasteiger partial charge is 0.484 e. The second-order valence-electron chi connectivity index (χ2n) is 8.58. The van der Waals surface area contributed by atoms with Gasteiger partial charge in [-0.3, -0.25) is 14.5 Å². The van der Waals surface area contributed by atoms with Crippen molar-refractivity contribution in [2.75, 3.05) is 40.3 Å². The number of hydrogen-bond acceptors (Lipinski definition) is 4. The minimum atomic E-state index is -0.101. The molecule has 2 amide bonds. The third-order valence-corrected chi connectivity index (χ3v) is 6.36. The SMILES string of the molecule is CN(C)C(=O)COc1cccc(C(=O)N2CC[C@@H]3[C@@H](CCCN3C3CC3)C2)c1. The first-order valence-electron chi connectivity index (χ1n) is 10.5. The van der Waals surface area contributed by atoms with Gasteiger partial charge in [-0.15, -0.1) is 0 Å². The summed E-state index contributed by atoms with van der Waals surface area (Å²) in [5, 5.41) is 0. The molecule has 6 heteroatoms. The first-order chi connectivity index (χ1) is 13.5. The molecular weight excluding hydrogens is 354 g/mol. The average molecular weight is 386 g/mol. The van der Waals surface area contributed by atoms with E-state index in [0.717, 1.165) is 25.6 Å². The van der Waals surface area contributed by atoms with E-state index in [1.165, 1.54) is 37.1 Å². The number of rotatable bonds is 5. The fourth-order valence-corrected chi connectivity index (χ4v) is 4.66. The van der Waals surface area contributed by atoms with E-state index in [4.69, 9.17) is 4.74 Å². The molecule has 2 aliphatic heterocycles. The first kappa shape index (κ1) is 19.2. The number of benzene rings is 1. The van der Waals surface area contributed by atoms with Crippen molar-refractivity contribution in [3.8, 4) is 5.75 Å². The maximum atomic E-state index is 13.1. The summed E-state index contributed by atoms with van der Waals surface area (Å²) in [6, 6.07) is 8.69. The summed E-state index contributed by atoms with van der Waals surface area (Å²) < 4.78 is 5.57. The zero-order valence-electron chi connectivity index (χ0n) is 17.0. The second-order valence-corrected chi connectivity index (χ2v) is 8.58. The molecule has 1 aliphatic carbocycles. The van der Waals surface area contributed by atoms with Crippen molar-refractivity contribution < 1.29 is 14.3 Å². The van der Waals surface area contributed by atoms with E-state index in [-0.39, 0.29) is 18.4 Å². The fraction of sp³-hybridized carbons (Fsp3) is 0.636.